The SMILES string of the molecule is CCC(C)CN(C)CC1CNCC1C. The molecule has 1 saturated heterocycles. The maximum absolute atomic E-state index is 3.47. The summed E-state index contributed by atoms with van der Waals surface area (Å²) in [5.41, 5.74) is 0. The summed E-state index contributed by atoms with van der Waals surface area (Å²) < 4.78 is 0. The zero-order valence-electron chi connectivity index (χ0n) is 10.2. The van der Waals surface area contributed by atoms with Gasteiger partial charge in [0.1, 0.15) is 0 Å². The van der Waals surface area contributed by atoms with Gasteiger partial charge in [0.05, 0.1) is 0 Å². The molecular formula is C12H26N2. The van der Waals surface area contributed by atoms with Crippen molar-refractivity contribution in [2.75, 3.05) is 33.2 Å². The lowest BCUT2D eigenvalue weighted by molar-refractivity contribution is 0.229. The second kappa shape index (κ2) is 5.72. The van der Waals surface area contributed by atoms with Crippen molar-refractivity contribution >= 4 is 0 Å². The van der Waals surface area contributed by atoms with Crippen LogP contribution in [0.4, 0.5) is 0 Å². The molecule has 0 radical (unpaired) electrons. The molecule has 1 aliphatic heterocycles. The Balaban J connectivity index is 2.22. The fourth-order valence-corrected chi connectivity index (χ4v) is 2.24. The summed E-state index contributed by atoms with van der Waals surface area (Å²) in [6, 6.07) is 0. The highest BCUT2D eigenvalue weighted by Crippen LogP contribution is 2.17. The molecule has 2 heteroatoms. The van der Waals surface area contributed by atoms with E-state index in [1.54, 1.807) is 0 Å². The maximum Gasteiger partial charge on any atom is 0.00219 e. The van der Waals surface area contributed by atoms with Crippen LogP contribution in [-0.2, 0) is 0 Å². The molecule has 1 aliphatic rings. The fraction of sp³-hybridized carbons (Fsp3) is 1.00. The fourth-order valence-electron chi connectivity index (χ4n) is 2.24. The van der Waals surface area contributed by atoms with Gasteiger partial charge in [-0.3, -0.25) is 0 Å². The van der Waals surface area contributed by atoms with Crippen molar-refractivity contribution < 1.29 is 0 Å². The number of rotatable bonds is 5. The smallest absolute Gasteiger partial charge is 0.00219 e. The molecule has 0 bridgehead atoms. The van der Waals surface area contributed by atoms with Crippen LogP contribution in [-0.4, -0.2) is 38.1 Å². The van der Waals surface area contributed by atoms with E-state index in [0.29, 0.717) is 0 Å². The second-order valence-corrected chi connectivity index (χ2v) is 5.13. The summed E-state index contributed by atoms with van der Waals surface area (Å²) in [4.78, 5) is 2.50. The van der Waals surface area contributed by atoms with Gasteiger partial charge >= 0.3 is 0 Å². The third-order valence-corrected chi connectivity index (χ3v) is 3.54. The zero-order chi connectivity index (χ0) is 10.6. The Morgan fingerprint density at radius 3 is 2.64 bits per heavy atom. The van der Waals surface area contributed by atoms with Crippen LogP contribution in [0.15, 0.2) is 0 Å². The topological polar surface area (TPSA) is 15.3 Å². The summed E-state index contributed by atoms with van der Waals surface area (Å²) in [5.74, 6) is 2.56. The van der Waals surface area contributed by atoms with Gasteiger partial charge in [-0.15, -0.1) is 0 Å². The Hall–Kier alpha value is -0.0800. The van der Waals surface area contributed by atoms with Crippen LogP contribution < -0.4 is 5.32 Å². The van der Waals surface area contributed by atoms with Gasteiger partial charge in [0, 0.05) is 13.1 Å². The average molecular weight is 198 g/mol. The van der Waals surface area contributed by atoms with Gasteiger partial charge < -0.3 is 10.2 Å². The first-order valence-electron chi connectivity index (χ1n) is 6.02. The molecule has 0 saturated carbocycles. The molecule has 14 heavy (non-hydrogen) atoms. The van der Waals surface area contributed by atoms with Crippen molar-refractivity contribution in [1.29, 1.82) is 0 Å². The molecule has 1 fully saturated rings. The van der Waals surface area contributed by atoms with Gasteiger partial charge in [-0.1, -0.05) is 27.2 Å². The third-order valence-electron chi connectivity index (χ3n) is 3.54. The highest BCUT2D eigenvalue weighted by molar-refractivity contribution is 4.80. The van der Waals surface area contributed by atoms with Crippen LogP contribution in [0.5, 0.6) is 0 Å². The van der Waals surface area contributed by atoms with Crippen molar-refractivity contribution in [3.63, 3.8) is 0 Å². The van der Waals surface area contributed by atoms with E-state index in [-0.39, 0.29) is 0 Å². The van der Waals surface area contributed by atoms with E-state index in [0.717, 1.165) is 17.8 Å². The summed E-state index contributed by atoms with van der Waals surface area (Å²) in [6.45, 7) is 11.9. The monoisotopic (exact) mass is 198 g/mol. The highest BCUT2D eigenvalue weighted by Gasteiger charge is 2.24. The summed E-state index contributed by atoms with van der Waals surface area (Å²) in [7, 11) is 2.26. The standard InChI is InChI=1S/C12H26N2/c1-5-10(2)8-14(4)9-12-7-13-6-11(12)3/h10-13H,5-9H2,1-4H3. The predicted octanol–water partition coefficient (Wildman–Crippen LogP) is 1.82. The molecule has 1 N–H and O–H groups in total. The van der Waals surface area contributed by atoms with E-state index >= 15 is 0 Å². The molecule has 0 aromatic rings. The molecule has 3 unspecified atom stereocenters. The number of hydrogen-bond acceptors (Lipinski definition) is 2. The molecule has 2 nitrogen and oxygen atoms in total. The second-order valence-electron chi connectivity index (χ2n) is 5.13. The number of hydrogen-bond donors (Lipinski definition) is 1. The van der Waals surface area contributed by atoms with Gasteiger partial charge in [0.15, 0.2) is 0 Å². The Morgan fingerprint density at radius 1 is 1.43 bits per heavy atom. The molecule has 0 aromatic heterocycles. The van der Waals surface area contributed by atoms with Crippen LogP contribution in [0.2, 0.25) is 0 Å². The minimum absolute atomic E-state index is 0.838. The van der Waals surface area contributed by atoms with Gasteiger partial charge in [-0.05, 0) is 37.9 Å². The van der Waals surface area contributed by atoms with E-state index in [1.807, 2.05) is 0 Å². The number of nitrogens with one attached hydrogen (secondary N) is 1. The van der Waals surface area contributed by atoms with Crippen molar-refractivity contribution in [1.82, 2.24) is 10.2 Å². The average Bonchev–Trinajstić information content (AvgIpc) is 2.51. The Kier molecular flexibility index (Phi) is 4.90. The van der Waals surface area contributed by atoms with Crippen molar-refractivity contribution in [2.45, 2.75) is 27.2 Å². The van der Waals surface area contributed by atoms with Gasteiger partial charge in [-0.25, -0.2) is 0 Å². The van der Waals surface area contributed by atoms with E-state index in [1.165, 1.54) is 32.6 Å². The lowest BCUT2D eigenvalue weighted by atomic mass is 9.97. The van der Waals surface area contributed by atoms with Crippen molar-refractivity contribution in [2.24, 2.45) is 17.8 Å². The summed E-state index contributed by atoms with van der Waals surface area (Å²) in [5, 5.41) is 3.47. The molecule has 0 spiro atoms. The Morgan fingerprint density at radius 2 is 2.14 bits per heavy atom. The van der Waals surface area contributed by atoms with Crippen LogP contribution in [0, 0.1) is 17.8 Å². The number of nitrogens with zero attached hydrogens (tertiary/aromatic N) is 1. The maximum atomic E-state index is 3.47. The van der Waals surface area contributed by atoms with E-state index in [9.17, 15) is 0 Å². The molecular weight excluding hydrogens is 172 g/mol. The van der Waals surface area contributed by atoms with Crippen molar-refractivity contribution in [3.8, 4) is 0 Å². The normalized spacial score (nSPS) is 29.8. The minimum Gasteiger partial charge on any atom is -0.316 e. The molecule has 1 rings (SSSR count). The largest absolute Gasteiger partial charge is 0.316 e. The highest BCUT2D eigenvalue weighted by atomic mass is 15.1. The lowest BCUT2D eigenvalue weighted by Crippen LogP contribution is -2.32. The molecule has 1 heterocycles. The van der Waals surface area contributed by atoms with Crippen LogP contribution in [0.3, 0.4) is 0 Å². The minimum atomic E-state index is 0.838. The van der Waals surface area contributed by atoms with Gasteiger partial charge in [0.25, 0.3) is 0 Å². The van der Waals surface area contributed by atoms with Crippen LogP contribution in [0.25, 0.3) is 0 Å². The Labute approximate surface area is 89.1 Å². The molecule has 0 amide bonds. The first kappa shape index (κ1) is 12.0. The molecule has 84 valence electrons. The summed E-state index contributed by atoms with van der Waals surface area (Å²) in [6.07, 6.45) is 1.29. The van der Waals surface area contributed by atoms with Crippen LogP contribution >= 0.6 is 0 Å². The molecule has 0 aromatic carbocycles. The van der Waals surface area contributed by atoms with E-state index in [4.69, 9.17) is 0 Å². The predicted molar refractivity (Wildman–Crippen MR) is 62.5 cm³/mol. The first-order valence-corrected chi connectivity index (χ1v) is 6.02. The quantitative estimate of drug-likeness (QED) is 0.725. The van der Waals surface area contributed by atoms with E-state index in [2.05, 4.69) is 38.0 Å². The Bertz CT molecular complexity index is 158. The van der Waals surface area contributed by atoms with Gasteiger partial charge in [-0.2, -0.15) is 0 Å². The molecule has 3 atom stereocenters. The molecule has 0 aliphatic carbocycles. The van der Waals surface area contributed by atoms with Crippen LogP contribution in [0.1, 0.15) is 27.2 Å². The first-order chi connectivity index (χ1) is 6.63. The lowest BCUT2D eigenvalue weighted by Gasteiger charge is -2.25. The summed E-state index contributed by atoms with van der Waals surface area (Å²) >= 11 is 0. The third kappa shape index (κ3) is 3.58. The van der Waals surface area contributed by atoms with Gasteiger partial charge in [0.2, 0.25) is 0 Å². The van der Waals surface area contributed by atoms with E-state index < -0.39 is 0 Å². The van der Waals surface area contributed by atoms with Crippen molar-refractivity contribution in [3.05, 3.63) is 0 Å². The zero-order valence-corrected chi connectivity index (χ0v) is 10.2.